The Kier molecular flexibility index (Phi) is 8.40. The summed E-state index contributed by atoms with van der Waals surface area (Å²) in [6.45, 7) is 0.510. The van der Waals surface area contributed by atoms with Crippen LogP contribution in [0.1, 0.15) is 24.0 Å². The maximum absolute atomic E-state index is 13.0. The van der Waals surface area contributed by atoms with Crippen LogP contribution in [-0.4, -0.2) is 47.6 Å². The van der Waals surface area contributed by atoms with Crippen LogP contribution < -0.4 is 16.0 Å². The molecular weight excluding hydrogens is 426 g/mol. The predicted octanol–water partition coefficient (Wildman–Crippen LogP) is 1.62. The van der Waals surface area contributed by atoms with Gasteiger partial charge in [0, 0.05) is 18.9 Å². The molecule has 9 nitrogen and oxygen atoms in total. The lowest BCUT2D eigenvalue weighted by atomic mass is 9.97. The zero-order chi connectivity index (χ0) is 23.6. The molecular formula is C24H27N3O6. The molecule has 1 heterocycles. The third-order valence-corrected chi connectivity index (χ3v) is 5.40. The molecule has 174 valence electrons. The fourth-order valence-electron chi connectivity index (χ4n) is 3.61. The monoisotopic (exact) mass is 453 g/mol. The van der Waals surface area contributed by atoms with Gasteiger partial charge in [-0.1, -0.05) is 60.7 Å². The summed E-state index contributed by atoms with van der Waals surface area (Å²) in [7, 11) is 0. The Balaban J connectivity index is 1.66. The standard InChI is InChI=1S/C24H27N3O6/c28-21-18(11-12-25-21)14-20(23(30)31)26-22(29)19(13-16-7-3-1-4-8-16)27-24(32)33-15-17-9-5-2-6-10-17/h1-10,18-20H,11-15H2,(H,25,28)(H,26,29)(H,27,32)(H,30,31)/t18-,19?,20?/m0/s1. The van der Waals surface area contributed by atoms with Crippen molar-refractivity contribution < 1.29 is 29.0 Å². The maximum Gasteiger partial charge on any atom is 0.408 e. The number of carboxylic acids is 1. The van der Waals surface area contributed by atoms with Crippen molar-refractivity contribution in [2.24, 2.45) is 5.92 Å². The van der Waals surface area contributed by atoms with Crippen LogP contribution in [0, 0.1) is 5.92 Å². The molecule has 0 bridgehead atoms. The number of aliphatic carboxylic acids is 1. The van der Waals surface area contributed by atoms with Gasteiger partial charge in [-0.05, 0) is 24.0 Å². The minimum absolute atomic E-state index is 0.0244. The SMILES string of the molecule is O=C(NC(Cc1ccccc1)C(=O)NC(C[C@@H]1CCNC1=O)C(=O)O)OCc1ccccc1. The summed E-state index contributed by atoms with van der Waals surface area (Å²) in [6, 6.07) is 15.8. The van der Waals surface area contributed by atoms with Gasteiger partial charge in [0.1, 0.15) is 18.7 Å². The number of hydrogen-bond donors (Lipinski definition) is 4. The van der Waals surface area contributed by atoms with Crippen LogP contribution in [0.5, 0.6) is 0 Å². The second kappa shape index (κ2) is 11.7. The smallest absolute Gasteiger partial charge is 0.408 e. The summed E-state index contributed by atoms with van der Waals surface area (Å²) < 4.78 is 5.22. The van der Waals surface area contributed by atoms with E-state index in [0.717, 1.165) is 11.1 Å². The van der Waals surface area contributed by atoms with E-state index in [1.54, 1.807) is 36.4 Å². The van der Waals surface area contributed by atoms with E-state index < -0.39 is 36.0 Å². The average molecular weight is 453 g/mol. The number of hydrogen-bond acceptors (Lipinski definition) is 5. The zero-order valence-corrected chi connectivity index (χ0v) is 18.0. The third kappa shape index (κ3) is 7.34. The van der Waals surface area contributed by atoms with Gasteiger partial charge in [0.2, 0.25) is 11.8 Å². The van der Waals surface area contributed by atoms with Crippen LogP contribution in [0.25, 0.3) is 0 Å². The van der Waals surface area contributed by atoms with Crippen molar-refractivity contribution in [2.45, 2.75) is 38.0 Å². The fourth-order valence-corrected chi connectivity index (χ4v) is 3.61. The summed E-state index contributed by atoms with van der Waals surface area (Å²) >= 11 is 0. The highest BCUT2D eigenvalue weighted by Gasteiger charge is 2.33. The van der Waals surface area contributed by atoms with Gasteiger partial charge in [0.25, 0.3) is 0 Å². The largest absolute Gasteiger partial charge is 0.480 e. The Hall–Kier alpha value is -3.88. The third-order valence-electron chi connectivity index (χ3n) is 5.40. The lowest BCUT2D eigenvalue weighted by molar-refractivity contribution is -0.142. The van der Waals surface area contributed by atoms with Crippen molar-refractivity contribution in [2.75, 3.05) is 6.54 Å². The van der Waals surface area contributed by atoms with Crippen molar-refractivity contribution in [3.05, 3.63) is 71.8 Å². The molecule has 3 rings (SSSR count). The second-order valence-corrected chi connectivity index (χ2v) is 7.86. The van der Waals surface area contributed by atoms with E-state index in [1.165, 1.54) is 0 Å². The van der Waals surface area contributed by atoms with Crippen molar-refractivity contribution in [3.8, 4) is 0 Å². The van der Waals surface area contributed by atoms with Crippen LogP contribution in [0.2, 0.25) is 0 Å². The zero-order valence-electron chi connectivity index (χ0n) is 18.0. The number of ether oxygens (including phenoxy) is 1. The van der Waals surface area contributed by atoms with Crippen LogP contribution in [0.4, 0.5) is 4.79 Å². The topological polar surface area (TPSA) is 134 Å². The average Bonchev–Trinajstić information content (AvgIpc) is 3.22. The second-order valence-electron chi connectivity index (χ2n) is 7.86. The van der Waals surface area contributed by atoms with Gasteiger partial charge in [0.15, 0.2) is 0 Å². The lowest BCUT2D eigenvalue weighted by Gasteiger charge is -2.22. The summed E-state index contributed by atoms with van der Waals surface area (Å²) in [5.41, 5.74) is 1.57. The number of amides is 3. The van der Waals surface area contributed by atoms with Gasteiger partial charge in [-0.3, -0.25) is 9.59 Å². The van der Waals surface area contributed by atoms with Crippen molar-refractivity contribution in [3.63, 3.8) is 0 Å². The van der Waals surface area contributed by atoms with Crippen molar-refractivity contribution in [1.29, 1.82) is 0 Å². The molecule has 0 radical (unpaired) electrons. The molecule has 4 N–H and O–H groups in total. The van der Waals surface area contributed by atoms with E-state index in [2.05, 4.69) is 16.0 Å². The van der Waals surface area contributed by atoms with Crippen LogP contribution in [0.15, 0.2) is 60.7 Å². The highest BCUT2D eigenvalue weighted by Crippen LogP contribution is 2.16. The molecule has 3 atom stereocenters. The van der Waals surface area contributed by atoms with Crippen molar-refractivity contribution >= 4 is 23.9 Å². The first-order chi connectivity index (χ1) is 15.9. The minimum Gasteiger partial charge on any atom is -0.480 e. The summed E-state index contributed by atoms with van der Waals surface area (Å²) in [5, 5.41) is 17.2. The molecule has 1 aliphatic heterocycles. The van der Waals surface area contributed by atoms with Crippen LogP contribution in [-0.2, 0) is 32.1 Å². The molecule has 0 aromatic heterocycles. The number of carboxylic acid groups (broad SMARTS) is 1. The first-order valence-electron chi connectivity index (χ1n) is 10.7. The molecule has 0 aliphatic carbocycles. The van der Waals surface area contributed by atoms with Gasteiger partial charge in [0.05, 0.1) is 0 Å². The van der Waals surface area contributed by atoms with Crippen molar-refractivity contribution in [1.82, 2.24) is 16.0 Å². The van der Waals surface area contributed by atoms with E-state index in [9.17, 15) is 24.3 Å². The molecule has 2 unspecified atom stereocenters. The normalized spacial score (nSPS) is 16.8. The number of nitrogens with one attached hydrogen (secondary N) is 3. The molecule has 2 aromatic carbocycles. The molecule has 3 amide bonds. The summed E-state index contributed by atoms with van der Waals surface area (Å²) in [6.07, 6.45) is -0.167. The molecule has 0 spiro atoms. The number of carbonyl (C=O) groups is 4. The maximum atomic E-state index is 13.0. The molecule has 1 saturated heterocycles. The summed E-state index contributed by atoms with van der Waals surface area (Å²) in [5.74, 6) is -2.61. The predicted molar refractivity (Wildman–Crippen MR) is 119 cm³/mol. The molecule has 1 aliphatic rings. The minimum atomic E-state index is -1.26. The Morgan fingerprint density at radius 3 is 2.18 bits per heavy atom. The van der Waals surface area contributed by atoms with Crippen LogP contribution >= 0.6 is 0 Å². The van der Waals surface area contributed by atoms with Gasteiger partial charge >= 0.3 is 12.1 Å². The lowest BCUT2D eigenvalue weighted by Crippen LogP contribution is -2.53. The van der Waals surface area contributed by atoms with Gasteiger partial charge < -0.3 is 25.8 Å². The van der Waals surface area contributed by atoms with E-state index >= 15 is 0 Å². The Morgan fingerprint density at radius 2 is 1.61 bits per heavy atom. The molecule has 2 aromatic rings. The van der Waals surface area contributed by atoms with E-state index in [-0.39, 0.29) is 25.4 Å². The fraction of sp³-hybridized carbons (Fsp3) is 0.333. The van der Waals surface area contributed by atoms with E-state index in [4.69, 9.17) is 4.74 Å². The van der Waals surface area contributed by atoms with Gasteiger partial charge in [-0.25, -0.2) is 9.59 Å². The molecule has 0 saturated carbocycles. The van der Waals surface area contributed by atoms with Gasteiger partial charge in [-0.15, -0.1) is 0 Å². The Labute approximate surface area is 191 Å². The first kappa shape index (κ1) is 23.8. The quantitative estimate of drug-likeness (QED) is 0.432. The summed E-state index contributed by atoms with van der Waals surface area (Å²) in [4.78, 5) is 48.9. The number of benzene rings is 2. The molecule has 9 heteroatoms. The van der Waals surface area contributed by atoms with Crippen LogP contribution in [0.3, 0.4) is 0 Å². The molecule has 1 fully saturated rings. The molecule has 33 heavy (non-hydrogen) atoms. The Morgan fingerprint density at radius 1 is 0.970 bits per heavy atom. The Bertz CT molecular complexity index is 967. The van der Waals surface area contributed by atoms with E-state index in [1.807, 2.05) is 24.3 Å². The highest BCUT2D eigenvalue weighted by molar-refractivity contribution is 5.90. The highest BCUT2D eigenvalue weighted by atomic mass is 16.5. The number of carbonyl (C=O) groups excluding carboxylic acids is 3. The number of rotatable bonds is 10. The van der Waals surface area contributed by atoms with E-state index in [0.29, 0.717) is 13.0 Å². The number of alkyl carbamates (subject to hydrolysis) is 1. The van der Waals surface area contributed by atoms with Gasteiger partial charge in [-0.2, -0.15) is 0 Å². The first-order valence-corrected chi connectivity index (χ1v) is 10.7.